The van der Waals surface area contributed by atoms with E-state index in [2.05, 4.69) is 5.32 Å². The molecular weight excluding hydrogens is 409 g/mol. The predicted octanol–water partition coefficient (Wildman–Crippen LogP) is 5.45. The smallest absolute Gasteiger partial charge is 0.479 e. The number of carbonyl (C=O) groups excluding carboxylic acids is 1. The molecule has 0 atom stereocenters. The fraction of sp³-hybridized carbons (Fsp3) is 0.478. The van der Waals surface area contributed by atoms with Gasteiger partial charge in [-0.3, -0.25) is 4.79 Å². The van der Waals surface area contributed by atoms with Crippen molar-refractivity contribution >= 4 is 11.6 Å². The van der Waals surface area contributed by atoms with Crippen LogP contribution in [0.3, 0.4) is 0 Å². The standard InChI is InChI=1S/C23H29F3N2O3/c1-6-16-9-8-10-17(7-2)20(16)27-22(29)19-18(31-12-11-14(3)4)13-15(5)28(30)21(19)23(24,25)26/h8-10,13-14H,6-7,11-12H2,1-5H3,(H,27,29). The van der Waals surface area contributed by atoms with Crippen LogP contribution in [0.5, 0.6) is 5.75 Å². The Labute approximate surface area is 180 Å². The third-order valence-electron chi connectivity index (χ3n) is 5.03. The van der Waals surface area contributed by atoms with Crippen LogP contribution < -0.4 is 14.8 Å². The first-order valence-electron chi connectivity index (χ1n) is 10.4. The highest BCUT2D eigenvalue weighted by Gasteiger charge is 2.47. The number of halogens is 3. The summed E-state index contributed by atoms with van der Waals surface area (Å²) in [6.07, 6.45) is -3.27. The Kier molecular flexibility index (Phi) is 7.92. The van der Waals surface area contributed by atoms with E-state index in [1.54, 1.807) is 0 Å². The quantitative estimate of drug-likeness (QED) is 0.440. The lowest BCUT2D eigenvalue weighted by Gasteiger charge is -2.20. The number of anilines is 1. The highest BCUT2D eigenvalue weighted by Crippen LogP contribution is 2.35. The molecule has 5 nitrogen and oxygen atoms in total. The van der Waals surface area contributed by atoms with Crippen LogP contribution in [-0.2, 0) is 19.0 Å². The largest absolute Gasteiger partial charge is 0.618 e. The van der Waals surface area contributed by atoms with E-state index in [1.165, 1.54) is 13.0 Å². The maximum atomic E-state index is 13.9. The molecule has 31 heavy (non-hydrogen) atoms. The normalized spacial score (nSPS) is 11.6. The van der Waals surface area contributed by atoms with Crippen LogP contribution in [0.2, 0.25) is 0 Å². The molecule has 1 N–H and O–H groups in total. The number of aryl methyl sites for hydroxylation is 3. The second-order valence-corrected chi connectivity index (χ2v) is 7.81. The zero-order valence-corrected chi connectivity index (χ0v) is 18.5. The van der Waals surface area contributed by atoms with E-state index in [9.17, 15) is 23.2 Å². The van der Waals surface area contributed by atoms with Gasteiger partial charge in [0.25, 0.3) is 5.91 Å². The number of benzene rings is 1. The monoisotopic (exact) mass is 438 g/mol. The molecule has 0 saturated carbocycles. The maximum absolute atomic E-state index is 13.9. The van der Waals surface area contributed by atoms with Crippen molar-refractivity contribution < 1.29 is 27.4 Å². The number of alkyl halides is 3. The zero-order chi connectivity index (χ0) is 23.3. The van der Waals surface area contributed by atoms with Gasteiger partial charge in [0.1, 0.15) is 5.75 Å². The van der Waals surface area contributed by atoms with Crippen molar-refractivity contribution in [2.45, 2.75) is 60.1 Å². The molecule has 2 aromatic rings. The van der Waals surface area contributed by atoms with Crippen LogP contribution >= 0.6 is 0 Å². The average molecular weight is 438 g/mol. The molecule has 0 aliphatic carbocycles. The topological polar surface area (TPSA) is 65.3 Å². The number of para-hydroxylation sites is 1. The fourth-order valence-corrected chi connectivity index (χ4v) is 3.29. The van der Waals surface area contributed by atoms with Gasteiger partial charge in [0, 0.05) is 18.7 Å². The molecule has 1 aromatic carbocycles. The van der Waals surface area contributed by atoms with E-state index >= 15 is 0 Å². The SMILES string of the molecule is CCc1cccc(CC)c1NC(=O)c1c(OCCC(C)C)cc(C)[n+]([O-])c1C(F)(F)F. The summed E-state index contributed by atoms with van der Waals surface area (Å²) < 4.78 is 46.9. The lowest BCUT2D eigenvalue weighted by atomic mass is 10.0. The molecule has 0 fully saturated rings. The Morgan fingerprint density at radius 3 is 2.26 bits per heavy atom. The van der Waals surface area contributed by atoms with Crippen LogP contribution in [0.4, 0.5) is 18.9 Å². The van der Waals surface area contributed by atoms with Crippen molar-refractivity contribution in [3.8, 4) is 5.75 Å². The number of aromatic nitrogens is 1. The fourth-order valence-electron chi connectivity index (χ4n) is 3.29. The molecule has 0 saturated heterocycles. The summed E-state index contributed by atoms with van der Waals surface area (Å²) in [7, 11) is 0. The summed E-state index contributed by atoms with van der Waals surface area (Å²) in [5.41, 5.74) is -0.513. The van der Waals surface area contributed by atoms with Gasteiger partial charge in [-0.2, -0.15) is 17.9 Å². The molecule has 1 aromatic heterocycles. The summed E-state index contributed by atoms with van der Waals surface area (Å²) >= 11 is 0. The van der Waals surface area contributed by atoms with E-state index < -0.39 is 23.3 Å². The minimum Gasteiger partial charge on any atom is -0.618 e. The van der Waals surface area contributed by atoms with Gasteiger partial charge in [0.05, 0.1) is 6.61 Å². The number of nitrogens with one attached hydrogen (secondary N) is 1. The number of hydrogen-bond acceptors (Lipinski definition) is 3. The molecule has 0 spiro atoms. The zero-order valence-electron chi connectivity index (χ0n) is 18.5. The Hall–Kier alpha value is -2.77. The van der Waals surface area contributed by atoms with Gasteiger partial charge in [-0.1, -0.05) is 45.9 Å². The first kappa shape index (κ1) is 24.5. The van der Waals surface area contributed by atoms with E-state index in [4.69, 9.17) is 4.74 Å². The molecule has 2 rings (SSSR count). The second-order valence-electron chi connectivity index (χ2n) is 7.81. The van der Waals surface area contributed by atoms with Crippen molar-refractivity contribution in [1.82, 2.24) is 0 Å². The Bertz CT molecular complexity index is 918. The van der Waals surface area contributed by atoms with Crippen LogP contribution in [0.1, 0.15) is 67.0 Å². The first-order chi connectivity index (χ1) is 14.5. The van der Waals surface area contributed by atoms with Gasteiger partial charge in [-0.05, 0) is 36.3 Å². The molecule has 170 valence electrons. The first-order valence-corrected chi connectivity index (χ1v) is 10.4. The summed E-state index contributed by atoms with van der Waals surface area (Å²) in [6.45, 7) is 9.07. The van der Waals surface area contributed by atoms with E-state index in [1.807, 2.05) is 45.9 Å². The minimum absolute atomic E-state index is 0.128. The average Bonchev–Trinajstić information content (AvgIpc) is 2.68. The van der Waals surface area contributed by atoms with Gasteiger partial charge < -0.3 is 15.3 Å². The van der Waals surface area contributed by atoms with Crippen molar-refractivity contribution in [3.63, 3.8) is 0 Å². The van der Waals surface area contributed by atoms with Gasteiger partial charge in [0.15, 0.2) is 11.3 Å². The Balaban J connectivity index is 2.62. The molecule has 1 heterocycles. The number of carbonyl (C=O) groups is 1. The van der Waals surface area contributed by atoms with Gasteiger partial charge in [-0.25, -0.2) is 0 Å². The van der Waals surface area contributed by atoms with E-state index in [0.29, 0.717) is 24.9 Å². The van der Waals surface area contributed by atoms with Crippen LogP contribution in [0, 0.1) is 18.0 Å². The molecule has 0 aliphatic rings. The van der Waals surface area contributed by atoms with Crippen LogP contribution in [0.25, 0.3) is 0 Å². The van der Waals surface area contributed by atoms with E-state index in [0.717, 1.165) is 11.1 Å². The summed E-state index contributed by atoms with van der Waals surface area (Å²) in [6, 6.07) is 6.64. The predicted molar refractivity (Wildman–Crippen MR) is 113 cm³/mol. The van der Waals surface area contributed by atoms with Crippen LogP contribution in [-0.4, -0.2) is 12.5 Å². The van der Waals surface area contributed by atoms with Gasteiger partial charge >= 0.3 is 11.9 Å². The lowest BCUT2D eigenvalue weighted by molar-refractivity contribution is -0.635. The minimum atomic E-state index is -5.03. The highest BCUT2D eigenvalue weighted by molar-refractivity contribution is 6.07. The third kappa shape index (κ3) is 5.68. The lowest BCUT2D eigenvalue weighted by Crippen LogP contribution is -2.42. The van der Waals surface area contributed by atoms with Gasteiger partial charge in [0.2, 0.25) is 0 Å². The van der Waals surface area contributed by atoms with Crippen molar-refractivity contribution in [2.75, 3.05) is 11.9 Å². The molecule has 1 amide bonds. The number of hydrogen-bond donors (Lipinski definition) is 1. The molecule has 0 unspecified atom stereocenters. The third-order valence-corrected chi connectivity index (χ3v) is 5.03. The Morgan fingerprint density at radius 2 is 1.77 bits per heavy atom. The van der Waals surface area contributed by atoms with Crippen LogP contribution in [0.15, 0.2) is 24.3 Å². The van der Waals surface area contributed by atoms with Crippen molar-refractivity contribution in [2.24, 2.45) is 5.92 Å². The summed E-state index contributed by atoms with van der Waals surface area (Å²) in [5.74, 6) is -1.01. The number of ether oxygens (including phenoxy) is 1. The molecular formula is C23H29F3N2O3. The van der Waals surface area contributed by atoms with E-state index in [-0.39, 0.29) is 28.7 Å². The molecule has 0 bridgehead atoms. The Morgan fingerprint density at radius 1 is 1.19 bits per heavy atom. The second kappa shape index (κ2) is 10.0. The van der Waals surface area contributed by atoms with Crippen molar-refractivity contribution in [3.05, 3.63) is 57.6 Å². The highest BCUT2D eigenvalue weighted by atomic mass is 19.4. The molecule has 0 aliphatic heterocycles. The number of nitrogens with zero attached hydrogens (tertiary/aromatic N) is 1. The summed E-state index contributed by atoms with van der Waals surface area (Å²) in [5, 5.41) is 15.0. The van der Waals surface area contributed by atoms with Crippen molar-refractivity contribution in [1.29, 1.82) is 0 Å². The number of rotatable bonds is 8. The summed E-state index contributed by atoms with van der Waals surface area (Å²) in [4.78, 5) is 13.2. The molecule has 8 heteroatoms. The number of pyridine rings is 1. The molecule has 0 radical (unpaired) electrons. The number of amides is 1. The van der Waals surface area contributed by atoms with Gasteiger partial charge in [-0.15, -0.1) is 0 Å². The maximum Gasteiger partial charge on any atom is 0.479 e.